The van der Waals surface area contributed by atoms with Gasteiger partial charge in [0.1, 0.15) is 0 Å². The normalized spacial score (nSPS) is 10.2. The van der Waals surface area contributed by atoms with Crippen molar-refractivity contribution in [3.05, 3.63) is 59.2 Å². The Morgan fingerprint density at radius 1 is 0.920 bits per heavy atom. The highest BCUT2D eigenvalue weighted by atomic mass is 16.5. The second-order valence-corrected chi connectivity index (χ2v) is 5.21. The van der Waals surface area contributed by atoms with E-state index >= 15 is 0 Å². The maximum atomic E-state index is 12.3. The van der Waals surface area contributed by atoms with Gasteiger partial charge >= 0.3 is 5.97 Å². The molecule has 0 atom stereocenters. The summed E-state index contributed by atoms with van der Waals surface area (Å²) in [5.74, 6) is -0.0901. The molecule has 2 rings (SSSR count). The van der Waals surface area contributed by atoms with E-state index in [-0.39, 0.29) is 11.5 Å². The van der Waals surface area contributed by atoms with Crippen LogP contribution in [0.4, 0.5) is 0 Å². The van der Waals surface area contributed by atoms with E-state index in [9.17, 15) is 9.59 Å². The summed E-state index contributed by atoms with van der Waals surface area (Å²) in [5, 5.41) is 11.7. The fraction of sp³-hybridized carbons (Fsp3) is 0.263. The second-order valence-electron chi connectivity index (χ2n) is 5.21. The maximum Gasteiger partial charge on any atom is 0.335 e. The Morgan fingerprint density at radius 2 is 1.52 bits per heavy atom. The Morgan fingerprint density at radius 3 is 2.12 bits per heavy atom. The number of hydrogen-bond donors (Lipinski definition) is 2. The predicted octanol–water partition coefficient (Wildman–Crippen LogP) is 3.11. The Bertz CT molecular complexity index is 740. The molecule has 0 saturated carbocycles. The molecular formula is C19H21NO5. The number of ether oxygens (including phenoxy) is 2. The predicted molar refractivity (Wildman–Crippen MR) is 93.4 cm³/mol. The van der Waals surface area contributed by atoms with Gasteiger partial charge in [-0.2, -0.15) is 0 Å². The Kier molecular flexibility index (Phi) is 6.39. The molecule has 0 aliphatic rings. The fourth-order valence-corrected chi connectivity index (χ4v) is 2.24. The molecule has 0 heterocycles. The number of carbonyl (C=O) groups is 2. The first-order valence-corrected chi connectivity index (χ1v) is 8.05. The minimum Gasteiger partial charge on any atom is -0.490 e. The monoisotopic (exact) mass is 343 g/mol. The molecule has 0 spiro atoms. The van der Waals surface area contributed by atoms with Crippen LogP contribution in [0.5, 0.6) is 11.5 Å². The summed E-state index contributed by atoms with van der Waals surface area (Å²) in [4.78, 5) is 23.1. The van der Waals surface area contributed by atoms with Crippen LogP contribution in [0.2, 0.25) is 0 Å². The van der Waals surface area contributed by atoms with Crippen molar-refractivity contribution in [1.29, 1.82) is 0 Å². The number of hydrogen-bond acceptors (Lipinski definition) is 4. The van der Waals surface area contributed by atoms with E-state index in [0.29, 0.717) is 36.8 Å². The van der Waals surface area contributed by atoms with Crippen LogP contribution in [0, 0.1) is 0 Å². The van der Waals surface area contributed by atoms with Crippen LogP contribution < -0.4 is 14.8 Å². The highest BCUT2D eigenvalue weighted by molar-refractivity contribution is 5.94. The standard InChI is InChI=1S/C19H21NO5/c1-3-24-16-10-9-15(11-17(16)25-4-2)18(21)20-12-13-5-7-14(8-6-13)19(22)23/h5-11H,3-4,12H2,1-2H3,(H,20,21)(H,22,23). The minimum atomic E-state index is -0.978. The molecule has 6 heteroatoms. The molecule has 2 aromatic carbocycles. The third-order valence-corrected chi connectivity index (χ3v) is 3.46. The van der Waals surface area contributed by atoms with E-state index in [1.165, 1.54) is 12.1 Å². The van der Waals surface area contributed by atoms with Gasteiger partial charge in [-0.1, -0.05) is 12.1 Å². The first-order valence-electron chi connectivity index (χ1n) is 8.05. The van der Waals surface area contributed by atoms with Crippen LogP contribution in [0.1, 0.15) is 40.1 Å². The summed E-state index contributed by atoms with van der Waals surface area (Å²) in [6.45, 7) is 5.03. The first kappa shape index (κ1) is 18.3. The third kappa shape index (κ3) is 4.97. The average Bonchev–Trinajstić information content (AvgIpc) is 2.62. The highest BCUT2D eigenvalue weighted by Crippen LogP contribution is 2.28. The SMILES string of the molecule is CCOc1ccc(C(=O)NCc2ccc(C(=O)O)cc2)cc1OCC. The zero-order chi connectivity index (χ0) is 18.2. The zero-order valence-corrected chi connectivity index (χ0v) is 14.2. The molecule has 0 aliphatic heterocycles. The van der Waals surface area contributed by atoms with Gasteiger partial charge < -0.3 is 19.9 Å². The van der Waals surface area contributed by atoms with Crippen molar-refractivity contribution in [3.63, 3.8) is 0 Å². The molecule has 0 radical (unpaired) electrons. The van der Waals surface area contributed by atoms with Crippen LogP contribution in [0.3, 0.4) is 0 Å². The number of nitrogens with one attached hydrogen (secondary N) is 1. The molecule has 2 aromatic rings. The Hall–Kier alpha value is -3.02. The lowest BCUT2D eigenvalue weighted by molar-refractivity contribution is 0.0696. The van der Waals surface area contributed by atoms with Crippen molar-refractivity contribution in [3.8, 4) is 11.5 Å². The highest BCUT2D eigenvalue weighted by Gasteiger charge is 2.11. The molecule has 6 nitrogen and oxygen atoms in total. The van der Waals surface area contributed by atoms with E-state index in [1.807, 2.05) is 13.8 Å². The largest absolute Gasteiger partial charge is 0.490 e. The van der Waals surface area contributed by atoms with Crippen molar-refractivity contribution in [2.75, 3.05) is 13.2 Å². The van der Waals surface area contributed by atoms with Crippen LogP contribution in [0.25, 0.3) is 0 Å². The smallest absolute Gasteiger partial charge is 0.335 e. The quantitative estimate of drug-likeness (QED) is 0.769. The van der Waals surface area contributed by atoms with Crippen molar-refractivity contribution in [2.45, 2.75) is 20.4 Å². The molecular weight excluding hydrogens is 322 g/mol. The maximum absolute atomic E-state index is 12.3. The topological polar surface area (TPSA) is 84.9 Å². The molecule has 132 valence electrons. The number of benzene rings is 2. The van der Waals surface area contributed by atoms with Crippen LogP contribution in [-0.2, 0) is 6.54 Å². The Labute approximate surface area is 146 Å². The lowest BCUT2D eigenvalue weighted by atomic mass is 10.1. The van der Waals surface area contributed by atoms with Gasteiger partial charge in [-0.15, -0.1) is 0 Å². The summed E-state index contributed by atoms with van der Waals surface area (Å²) in [6, 6.07) is 11.4. The van der Waals surface area contributed by atoms with Gasteiger partial charge in [0.15, 0.2) is 11.5 Å². The van der Waals surface area contributed by atoms with Crippen LogP contribution in [-0.4, -0.2) is 30.2 Å². The van der Waals surface area contributed by atoms with Crippen molar-refractivity contribution < 1.29 is 24.2 Å². The molecule has 0 saturated heterocycles. The van der Waals surface area contributed by atoms with E-state index < -0.39 is 5.97 Å². The molecule has 1 amide bonds. The summed E-state index contributed by atoms with van der Waals surface area (Å²) in [6.07, 6.45) is 0. The van der Waals surface area contributed by atoms with Gasteiger partial charge in [0.05, 0.1) is 18.8 Å². The van der Waals surface area contributed by atoms with Crippen LogP contribution >= 0.6 is 0 Å². The van der Waals surface area contributed by atoms with Gasteiger partial charge in [-0.25, -0.2) is 4.79 Å². The molecule has 0 unspecified atom stereocenters. The van der Waals surface area contributed by atoms with Gasteiger partial charge in [0.2, 0.25) is 0 Å². The molecule has 0 fully saturated rings. The number of carboxylic acid groups (broad SMARTS) is 1. The molecule has 0 aromatic heterocycles. The van der Waals surface area contributed by atoms with E-state index in [0.717, 1.165) is 5.56 Å². The number of rotatable bonds is 8. The molecule has 2 N–H and O–H groups in total. The lowest BCUT2D eigenvalue weighted by Crippen LogP contribution is -2.22. The van der Waals surface area contributed by atoms with Crippen molar-refractivity contribution in [1.82, 2.24) is 5.32 Å². The van der Waals surface area contributed by atoms with Crippen LogP contribution in [0.15, 0.2) is 42.5 Å². The third-order valence-electron chi connectivity index (χ3n) is 3.46. The van der Waals surface area contributed by atoms with Crippen molar-refractivity contribution in [2.24, 2.45) is 0 Å². The summed E-state index contributed by atoms with van der Waals surface area (Å²) < 4.78 is 11.0. The molecule has 0 aliphatic carbocycles. The van der Waals surface area contributed by atoms with Gasteiger partial charge in [-0.05, 0) is 49.7 Å². The average molecular weight is 343 g/mol. The second kappa shape index (κ2) is 8.73. The number of aromatic carboxylic acids is 1. The van der Waals surface area contributed by atoms with E-state index in [2.05, 4.69) is 5.32 Å². The fourth-order valence-electron chi connectivity index (χ4n) is 2.24. The number of amides is 1. The van der Waals surface area contributed by atoms with E-state index in [1.54, 1.807) is 30.3 Å². The van der Waals surface area contributed by atoms with Gasteiger partial charge in [0.25, 0.3) is 5.91 Å². The van der Waals surface area contributed by atoms with Gasteiger partial charge in [-0.3, -0.25) is 4.79 Å². The molecule has 25 heavy (non-hydrogen) atoms. The summed E-state index contributed by atoms with van der Waals surface area (Å²) in [7, 11) is 0. The lowest BCUT2D eigenvalue weighted by Gasteiger charge is -2.12. The Balaban J connectivity index is 2.04. The number of carboxylic acids is 1. The summed E-state index contributed by atoms with van der Waals surface area (Å²) >= 11 is 0. The number of carbonyl (C=O) groups excluding carboxylic acids is 1. The summed E-state index contributed by atoms with van der Waals surface area (Å²) in [5.41, 5.74) is 1.49. The zero-order valence-electron chi connectivity index (χ0n) is 14.2. The molecule has 0 bridgehead atoms. The van der Waals surface area contributed by atoms with Gasteiger partial charge in [0, 0.05) is 12.1 Å². The van der Waals surface area contributed by atoms with Crippen molar-refractivity contribution >= 4 is 11.9 Å². The minimum absolute atomic E-state index is 0.211. The first-order chi connectivity index (χ1) is 12.0. The van der Waals surface area contributed by atoms with E-state index in [4.69, 9.17) is 14.6 Å².